The lowest BCUT2D eigenvalue weighted by atomic mass is 10.1. The van der Waals surface area contributed by atoms with E-state index in [4.69, 9.17) is 4.74 Å². The number of amides is 1. The highest BCUT2D eigenvalue weighted by Gasteiger charge is 2.32. The smallest absolute Gasteiger partial charge is 0.254 e. The SMILES string of the molecule is CCC(=O)N1CC(Oc2cc(C)n(C3CC3)c(=O)c2)C1. The molecule has 0 N–H and O–H groups in total. The molecule has 20 heavy (non-hydrogen) atoms. The van der Waals surface area contributed by atoms with Gasteiger partial charge >= 0.3 is 0 Å². The number of nitrogens with zero attached hydrogens (tertiary/aromatic N) is 2. The maximum atomic E-state index is 12.1. The van der Waals surface area contributed by atoms with E-state index < -0.39 is 0 Å². The predicted octanol–water partition coefficient (Wildman–Crippen LogP) is 1.49. The Kier molecular flexibility index (Phi) is 3.28. The van der Waals surface area contributed by atoms with Crippen LogP contribution in [0.2, 0.25) is 0 Å². The molecular weight excluding hydrogens is 256 g/mol. The van der Waals surface area contributed by atoms with Crippen molar-refractivity contribution in [1.82, 2.24) is 9.47 Å². The summed E-state index contributed by atoms with van der Waals surface area (Å²) in [6.45, 7) is 5.05. The predicted molar refractivity (Wildman–Crippen MR) is 75.0 cm³/mol. The van der Waals surface area contributed by atoms with Crippen molar-refractivity contribution in [2.75, 3.05) is 13.1 Å². The van der Waals surface area contributed by atoms with Gasteiger partial charge in [0.25, 0.3) is 5.56 Å². The van der Waals surface area contributed by atoms with Gasteiger partial charge in [-0.3, -0.25) is 9.59 Å². The molecule has 1 aliphatic heterocycles. The van der Waals surface area contributed by atoms with E-state index in [2.05, 4.69) is 0 Å². The molecule has 1 aliphatic carbocycles. The molecule has 0 aromatic carbocycles. The molecule has 3 rings (SSSR count). The zero-order valence-corrected chi connectivity index (χ0v) is 12.0. The second-order valence-electron chi connectivity index (χ2n) is 5.66. The molecule has 2 aliphatic rings. The second-order valence-corrected chi connectivity index (χ2v) is 5.66. The highest BCUT2D eigenvalue weighted by molar-refractivity contribution is 5.76. The van der Waals surface area contributed by atoms with Crippen LogP contribution in [0, 0.1) is 6.92 Å². The Labute approximate surface area is 118 Å². The molecular formula is C15H20N2O3. The number of hydrogen-bond donors (Lipinski definition) is 0. The molecule has 1 aromatic heterocycles. The highest BCUT2D eigenvalue weighted by Crippen LogP contribution is 2.35. The minimum atomic E-state index is 0.0149. The third-order valence-corrected chi connectivity index (χ3v) is 3.95. The minimum absolute atomic E-state index is 0.0149. The van der Waals surface area contributed by atoms with Crippen molar-refractivity contribution in [3.05, 3.63) is 28.2 Å². The first-order chi connectivity index (χ1) is 9.58. The Morgan fingerprint density at radius 3 is 2.60 bits per heavy atom. The fraction of sp³-hybridized carbons (Fsp3) is 0.600. The van der Waals surface area contributed by atoms with E-state index in [0.717, 1.165) is 18.5 Å². The molecule has 1 aromatic rings. The summed E-state index contributed by atoms with van der Waals surface area (Å²) in [5, 5.41) is 0. The van der Waals surface area contributed by atoms with Crippen LogP contribution in [0.25, 0.3) is 0 Å². The molecule has 1 saturated heterocycles. The van der Waals surface area contributed by atoms with E-state index >= 15 is 0 Å². The summed E-state index contributed by atoms with van der Waals surface area (Å²) in [5.74, 6) is 0.781. The number of hydrogen-bond acceptors (Lipinski definition) is 3. The third-order valence-electron chi connectivity index (χ3n) is 3.95. The fourth-order valence-corrected chi connectivity index (χ4v) is 2.68. The Morgan fingerprint density at radius 1 is 1.35 bits per heavy atom. The maximum Gasteiger partial charge on any atom is 0.254 e. The van der Waals surface area contributed by atoms with Crippen molar-refractivity contribution in [2.45, 2.75) is 45.3 Å². The van der Waals surface area contributed by atoms with Crippen LogP contribution in [0.15, 0.2) is 16.9 Å². The molecule has 5 nitrogen and oxygen atoms in total. The van der Waals surface area contributed by atoms with Crippen LogP contribution in [0.1, 0.15) is 37.9 Å². The van der Waals surface area contributed by atoms with E-state index in [1.54, 1.807) is 11.0 Å². The van der Waals surface area contributed by atoms with Gasteiger partial charge in [-0.15, -0.1) is 0 Å². The molecule has 0 bridgehead atoms. The van der Waals surface area contributed by atoms with Crippen molar-refractivity contribution >= 4 is 5.91 Å². The zero-order chi connectivity index (χ0) is 14.3. The average Bonchev–Trinajstić information content (AvgIpc) is 3.16. The number of carbonyl (C=O) groups excluding carboxylic acids is 1. The van der Waals surface area contributed by atoms with E-state index in [9.17, 15) is 9.59 Å². The lowest BCUT2D eigenvalue weighted by Crippen LogP contribution is -2.56. The zero-order valence-electron chi connectivity index (χ0n) is 12.0. The van der Waals surface area contributed by atoms with Gasteiger partial charge in [-0.05, 0) is 25.8 Å². The molecule has 108 valence electrons. The molecule has 0 radical (unpaired) electrons. The third kappa shape index (κ3) is 2.44. The Balaban J connectivity index is 1.65. The van der Waals surface area contributed by atoms with Crippen LogP contribution in [0.3, 0.4) is 0 Å². The van der Waals surface area contributed by atoms with Gasteiger partial charge in [-0.25, -0.2) is 0 Å². The molecule has 1 amide bonds. The number of pyridine rings is 1. The summed E-state index contributed by atoms with van der Waals surface area (Å²) in [4.78, 5) is 25.3. The van der Waals surface area contributed by atoms with Crippen LogP contribution in [0.4, 0.5) is 0 Å². The van der Waals surface area contributed by atoms with Crippen LogP contribution in [-0.2, 0) is 4.79 Å². The largest absolute Gasteiger partial charge is 0.486 e. The Morgan fingerprint density at radius 2 is 2.05 bits per heavy atom. The number of ether oxygens (including phenoxy) is 1. The second kappa shape index (κ2) is 4.96. The molecule has 0 atom stereocenters. The van der Waals surface area contributed by atoms with Gasteiger partial charge in [0.1, 0.15) is 11.9 Å². The van der Waals surface area contributed by atoms with E-state index in [1.165, 1.54) is 0 Å². The first kappa shape index (κ1) is 13.2. The van der Waals surface area contributed by atoms with Gasteiger partial charge in [0.15, 0.2) is 0 Å². The van der Waals surface area contributed by atoms with Gasteiger partial charge in [0, 0.05) is 24.2 Å². The van der Waals surface area contributed by atoms with Gasteiger partial charge in [-0.1, -0.05) is 6.92 Å². The lowest BCUT2D eigenvalue weighted by molar-refractivity contribution is -0.139. The van der Waals surface area contributed by atoms with Crippen LogP contribution in [-0.4, -0.2) is 34.6 Å². The topological polar surface area (TPSA) is 51.5 Å². The number of aromatic nitrogens is 1. The van der Waals surface area contributed by atoms with Crippen LogP contribution >= 0.6 is 0 Å². The maximum absolute atomic E-state index is 12.1. The first-order valence-corrected chi connectivity index (χ1v) is 7.26. The van der Waals surface area contributed by atoms with Gasteiger partial charge in [-0.2, -0.15) is 0 Å². The number of likely N-dealkylation sites (tertiary alicyclic amines) is 1. The normalized spacial score (nSPS) is 18.8. The summed E-state index contributed by atoms with van der Waals surface area (Å²) in [5.41, 5.74) is 0.971. The van der Waals surface area contributed by atoms with Crippen molar-refractivity contribution < 1.29 is 9.53 Å². The Hall–Kier alpha value is -1.78. The summed E-state index contributed by atoms with van der Waals surface area (Å²) in [7, 11) is 0. The minimum Gasteiger partial charge on any atom is -0.486 e. The van der Waals surface area contributed by atoms with Crippen molar-refractivity contribution in [3.8, 4) is 5.75 Å². The molecule has 5 heteroatoms. The molecule has 0 spiro atoms. The van der Waals surface area contributed by atoms with Crippen LogP contribution < -0.4 is 10.3 Å². The summed E-state index contributed by atoms with van der Waals surface area (Å²) in [6.07, 6.45) is 2.74. The van der Waals surface area contributed by atoms with Crippen LogP contribution in [0.5, 0.6) is 5.75 Å². The number of aryl methyl sites for hydroxylation is 1. The van der Waals surface area contributed by atoms with Crippen molar-refractivity contribution in [2.24, 2.45) is 0 Å². The number of rotatable bonds is 4. The molecule has 0 unspecified atom stereocenters. The summed E-state index contributed by atoms with van der Waals surface area (Å²) >= 11 is 0. The monoisotopic (exact) mass is 276 g/mol. The first-order valence-electron chi connectivity index (χ1n) is 7.26. The van der Waals surface area contributed by atoms with E-state index in [-0.39, 0.29) is 17.6 Å². The molecule has 2 fully saturated rings. The highest BCUT2D eigenvalue weighted by atomic mass is 16.5. The van der Waals surface area contributed by atoms with Crippen molar-refractivity contribution in [1.29, 1.82) is 0 Å². The summed E-state index contributed by atoms with van der Waals surface area (Å²) < 4.78 is 7.63. The standard InChI is InChI=1S/C15H20N2O3/c1-3-14(18)16-8-13(9-16)20-12-6-10(2)17(11-4-5-11)15(19)7-12/h6-7,11,13H,3-5,8-9H2,1-2H3. The Bertz CT molecular complexity index is 583. The van der Waals surface area contributed by atoms with Gasteiger partial charge in [0.05, 0.1) is 13.1 Å². The van der Waals surface area contributed by atoms with E-state index in [1.807, 2.05) is 24.5 Å². The van der Waals surface area contributed by atoms with Crippen molar-refractivity contribution in [3.63, 3.8) is 0 Å². The van der Waals surface area contributed by atoms with Gasteiger partial charge < -0.3 is 14.2 Å². The average molecular weight is 276 g/mol. The lowest BCUT2D eigenvalue weighted by Gasteiger charge is -2.38. The quantitative estimate of drug-likeness (QED) is 0.837. The summed E-state index contributed by atoms with van der Waals surface area (Å²) in [6, 6.07) is 3.87. The van der Waals surface area contributed by atoms with Gasteiger partial charge in [0.2, 0.25) is 5.91 Å². The fourth-order valence-electron chi connectivity index (χ4n) is 2.68. The molecule has 1 saturated carbocycles. The molecule has 2 heterocycles. The van der Waals surface area contributed by atoms with E-state index in [0.29, 0.717) is 31.3 Å². The number of carbonyl (C=O) groups is 1.